The van der Waals surface area contributed by atoms with Crippen LogP contribution in [0.25, 0.3) is 11.1 Å². The fourth-order valence-electron chi connectivity index (χ4n) is 1.90. The maximum absolute atomic E-state index is 12.9. The van der Waals surface area contributed by atoms with Gasteiger partial charge in [0.25, 0.3) is 0 Å². The highest BCUT2D eigenvalue weighted by Gasteiger charge is 2.04. The number of carbonyl (C=O) groups is 1. The van der Waals surface area contributed by atoms with E-state index in [2.05, 4.69) is 0 Å². The van der Waals surface area contributed by atoms with Gasteiger partial charge in [0.2, 0.25) is 0 Å². The van der Waals surface area contributed by atoms with E-state index in [0.717, 1.165) is 23.0 Å². The summed E-state index contributed by atoms with van der Waals surface area (Å²) in [6.07, 6.45) is 0.808. The predicted molar refractivity (Wildman–Crippen MR) is 72.6 cm³/mol. The molecule has 0 fully saturated rings. The molecule has 0 bridgehead atoms. The Morgan fingerprint density at radius 3 is 2.47 bits per heavy atom. The van der Waals surface area contributed by atoms with Crippen molar-refractivity contribution in [2.45, 2.75) is 13.5 Å². The molecule has 0 radical (unpaired) electrons. The van der Waals surface area contributed by atoms with E-state index in [1.165, 1.54) is 12.1 Å². The summed E-state index contributed by atoms with van der Waals surface area (Å²) in [5.41, 5.74) is 3.30. The Balaban J connectivity index is 2.38. The van der Waals surface area contributed by atoms with Crippen LogP contribution in [0.15, 0.2) is 42.5 Å². The quantitative estimate of drug-likeness (QED) is 0.762. The molecule has 0 aliphatic rings. The van der Waals surface area contributed by atoms with Crippen molar-refractivity contribution in [1.29, 1.82) is 0 Å². The Bertz CT molecular complexity index is 561. The summed E-state index contributed by atoms with van der Waals surface area (Å²) < 4.78 is 18.3. The van der Waals surface area contributed by atoms with Crippen molar-refractivity contribution in [2.24, 2.45) is 0 Å². The third-order valence-electron chi connectivity index (χ3n) is 2.80. The first-order chi connectivity index (χ1) is 9.22. The van der Waals surface area contributed by atoms with E-state index in [9.17, 15) is 9.18 Å². The van der Waals surface area contributed by atoms with Gasteiger partial charge < -0.3 is 4.74 Å². The van der Waals surface area contributed by atoms with E-state index in [0.29, 0.717) is 18.8 Å². The molecule has 0 aliphatic heterocycles. The molecule has 0 aliphatic carbocycles. The van der Waals surface area contributed by atoms with Crippen molar-refractivity contribution in [2.75, 3.05) is 6.61 Å². The lowest BCUT2D eigenvalue weighted by molar-refractivity contribution is 0.112. The fourth-order valence-corrected chi connectivity index (χ4v) is 1.90. The number of hydrogen-bond acceptors (Lipinski definition) is 2. The highest BCUT2D eigenvalue weighted by atomic mass is 19.1. The molecule has 2 rings (SSSR count). The molecular weight excluding hydrogens is 243 g/mol. The number of halogens is 1. The molecule has 0 heterocycles. The second-order valence-corrected chi connectivity index (χ2v) is 4.23. The molecule has 19 heavy (non-hydrogen) atoms. The van der Waals surface area contributed by atoms with Gasteiger partial charge in [-0.05, 0) is 53.9 Å². The van der Waals surface area contributed by atoms with Crippen LogP contribution in [0.3, 0.4) is 0 Å². The molecule has 0 unspecified atom stereocenters. The van der Waals surface area contributed by atoms with Crippen LogP contribution < -0.4 is 0 Å². The highest BCUT2D eigenvalue weighted by molar-refractivity contribution is 5.79. The lowest BCUT2D eigenvalue weighted by atomic mass is 10.0. The zero-order valence-corrected chi connectivity index (χ0v) is 10.7. The van der Waals surface area contributed by atoms with Crippen molar-refractivity contribution in [3.8, 4) is 11.1 Å². The SMILES string of the molecule is CCOCc1cc(C=O)cc(-c2ccc(F)cc2)c1. The van der Waals surface area contributed by atoms with Gasteiger partial charge in [0.15, 0.2) is 0 Å². The maximum Gasteiger partial charge on any atom is 0.150 e. The summed E-state index contributed by atoms with van der Waals surface area (Å²) in [4.78, 5) is 11.0. The number of hydrogen-bond donors (Lipinski definition) is 0. The van der Waals surface area contributed by atoms with E-state index >= 15 is 0 Å². The average Bonchev–Trinajstić information content (AvgIpc) is 2.45. The summed E-state index contributed by atoms with van der Waals surface area (Å²) in [6.45, 7) is 3.01. The topological polar surface area (TPSA) is 26.3 Å². The number of rotatable bonds is 5. The number of benzene rings is 2. The van der Waals surface area contributed by atoms with E-state index in [-0.39, 0.29) is 5.82 Å². The molecule has 0 N–H and O–H groups in total. The minimum Gasteiger partial charge on any atom is -0.377 e. The Kier molecular flexibility index (Phi) is 4.42. The second-order valence-electron chi connectivity index (χ2n) is 4.23. The lowest BCUT2D eigenvalue weighted by Crippen LogP contribution is -1.94. The lowest BCUT2D eigenvalue weighted by Gasteiger charge is -2.08. The maximum atomic E-state index is 12.9. The molecule has 2 nitrogen and oxygen atoms in total. The van der Waals surface area contributed by atoms with Crippen molar-refractivity contribution in [3.05, 3.63) is 59.4 Å². The molecule has 0 aromatic heterocycles. The fraction of sp³-hybridized carbons (Fsp3) is 0.188. The Morgan fingerprint density at radius 1 is 1.11 bits per heavy atom. The first kappa shape index (κ1) is 13.4. The van der Waals surface area contributed by atoms with Gasteiger partial charge >= 0.3 is 0 Å². The van der Waals surface area contributed by atoms with Crippen molar-refractivity contribution < 1.29 is 13.9 Å². The van der Waals surface area contributed by atoms with E-state index in [1.54, 1.807) is 24.3 Å². The molecule has 2 aromatic rings. The van der Waals surface area contributed by atoms with Crippen molar-refractivity contribution >= 4 is 6.29 Å². The Morgan fingerprint density at radius 2 is 1.84 bits per heavy atom. The molecule has 0 amide bonds. The summed E-state index contributed by atoms with van der Waals surface area (Å²) in [7, 11) is 0. The molecule has 0 saturated carbocycles. The van der Waals surface area contributed by atoms with E-state index < -0.39 is 0 Å². The summed E-state index contributed by atoms with van der Waals surface area (Å²) in [5, 5.41) is 0. The van der Waals surface area contributed by atoms with Crippen LogP contribution in [-0.4, -0.2) is 12.9 Å². The van der Waals surface area contributed by atoms with Gasteiger partial charge in [-0.2, -0.15) is 0 Å². The largest absolute Gasteiger partial charge is 0.377 e. The van der Waals surface area contributed by atoms with Gasteiger partial charge in [0.1, 0.15) is 12.1 Å². The minimum atomic E-state index is -0.273. The van der Waals surface area contributed by atoms with Gasteiger partial charge in [-0.15, -0.1) is 0 Å². The minimum absolute atomic E-state index is 0.273. The van der Waals surface area contributed by atoms with Gasteiger partial charge in [0.05, 0.1) is 6.61 Å². The van der Waals surface area contributed by atoms with Gasteiger partial charge in [-0.25, -0.2) is 4.39 Å². The normalized spacial score (nSPS) is 10.4. The third-order valence-corrected chi connectivity index (χ3v) is 2.80. The second kappa shape index (κ2) is 6.25. The van der Waals surface area contributed by atoms with Crippen LogP contribution in [0.5, 0.6) is 0 Å². The van der Waals surface area contributed by atoms with Crippen molar-refractivity contribution in [3.63, 3.8) is 0 Å². The number of carbonyl (C=O) groups excluding carboxylic acids is 1. The number of aldehydes is 1. The first-order valence-electron chi connectivity index (χ1n) is 6.15. The zero-order valence-electron chi connectivity index (χ0n) is 10.7. The van der Waals surface area contributed by atoms with Crippen molar-refractivity contribution in [1.82, 2.24) is 0 Å². The van der Waals surface area contributed by atoms with Crippen LogP contribution in [0, 0.1) is 5.82 Å². The van der Waals surface area contributed by atoms with Crippen LogP contribution in [0.2, 0.25) is 0 Å². The van der Waals surface area contributed by atoms with Crippen LogP contribution in [0.1, 0.15) is 22.8 Å². The predicted octanol–water partition coefficient (Wildman–Crippen LogP) is 3.84. The number of ether oxygens (including phenoxy) is 1. The third kappa shape index (κ3) is 3.48. The molecule has 98 valence electrons. The molecular formula is C16H15FO2. The van der Waals surface area contributed by atoms with Gasteiger partial charge in [0, 0.05) is 12.2 Å². The summed E-state index contributed by atoms with van der Waals surface area (Å²) in [5.74, 6) is -0.273. The Labute approximate surface area is 111 Å². The zero-order chi connectivity index (χ0) is 13.7. The van der Waals surface area contributed by atoms with Crippen LogP contribution in [-0.2, 0) is 11.3 Å². The monoisotopic (exact) mass is 258 g/mol. The van der Waals surface area contributed by atoms with Crippen LogP contribution in [0.4, 0.5) is 4.39 Å². The molecule has 2 aromatic carbocycles. The highest BCUT2D eigenvalue weighted by Crippen LogP contribution is 2.22. The standard InChI is InChI=1S/C16H15FO2/c1-2-19-11-13-7-12(10-18)8-15(9-13)14-3-5-16(17)6-4-14/h3-10H,2,11H2,1H3. The van der Waals surface area contributed by atoms with E-state index in [4.69, 9.17) is 4.74 Å². The molecule has 0 spiro atoms. The summed E-state index contributed by atoms with van der Waals surface area (Å²) >= 11 is 0. The van der Waals surface area contributed by atoms with Gasteiger partial charge in [-0.3, -0.25) is 4.79 Å². The first-order valence-corrected chi connectivity index (χ1v) is 6.15. The van der Waals surface area contributed by atoms with Crippen LogP contribution >= 0.6 is 0 Å². The van der Waals surface area contributed by atoms with E-state index in [1.807, 2.05) is 13.0 Å². The smallest absolute Gasteiger partial charge is 0.150 e. The molecule has 0 atom stereocenters. The summed E-state index contributed by atoms with van der Waals surface area (Å²) in [6, 6.07) is 11.8. The molecule has 0 saturated heterocycles. The van der Waals surface area contributed by atoms with Gasteiger partial charge in [-0.1, -0.05) is 12.1 Å². The average molecular weight is 258 g/mol. The molecule has 3 heteroatoms. The Hall–Kier alpha value is -2.00.